The van der Waals surface area contributed by atoms with E-state index in [1.807, 2.05) is 0 Å². The first-order valence-corrected chi connectivity index (χ1v) is 6.10. The molecule has 0 aromatic carbocycles. The number of nitrogens with zero attached hydrogens (tertiary/aromatic N) is 1. The minimum absolute atomic E-state index is 0.191. The number of methoxy groups -OCH3 is 1. The van der Waals surface area contributed by atoms with Crippen LogP contribution in [0.4, 0.5) is 0 Å². The molecule has 0 heterocycles. The van der Waals surface area contributed by atoms with Gasteiger partial charge in [-0.05, 0) is 13.8 Å². The lowest BCUT2D eigenvalue weighted by atomic mass is 10.1. The summed E-state index contributed by atoms with van der Waals surface area (Å²) in [4.78, 5) is 0. The van der Waals surface area contributed by atoms with E-state index in [0.717, 1.165) is 0 Å². The Balaban J connectivity index is 3.88. The second kappa shape index (κ2) is 7.31. The average Bonchev–Trinajstić information content (AvgIpc) is 2.13. The van der Waals surface area contributed by atoms with Gasteiger partial charge in [-0.25, -0.2) is 8.51 Å². The summed E-state index contributed by atoms with van der Waals surface area (Å²) >= 11 is -1.98. The predicted molar refractivity (Wildman–Crippen MR) is 63.4 cm³/mol. The van der Waals surface area contributed by atoms with E-state index in [0.29, 0.717) is 19.6 Å². The Morgan fingerprint density at radius 2 is 2.12 bits per heavy atom. The molecule has 0 rings (SSSR count). The molecule has 0 aliphatic carbocycles. The molecule has 7 heteroatoms. The van der Waals surface area contributed by atoms with E-state index in [-0.39, 0.29) is 6.10 Å². The molecule has 0 aromatic heterocycles. The summed E-state index contributed by atoms with van der Waals surface area (Å²) in [5.41, 5.74) is -0.774. The fraction of sp³-hybridized carbons (Fsp3) is 1.00. The molecule has 0 fully saturated rings. The topological polar surface area (TPSA) is 82.0 Å². The van der Waals surface area contributed by atoms with Crippen LogP contribution < -0.4 is 5.32 Å². The van der Waals surface area contributed by atoms with Gasteiger partial charge in [-0.2, -0.15) is 0 Å². The Morgan fingerprint density at radius 1 is 1.56 bits per heavy atom. The Labute approximate surface area is 99.4 Å². The number of ether oxygens (including phenoxy) is 1. The van der Waals surface area contributed by atoms with Crippen molar-refractivity contribution in [1.82, 2.24) is 9.62 Å². The maximum atomic E-state index is 10.7. The Kier molecular flexibility index (Phi) is 7.29. The molecule has 0 aliphatic rings. The summed E-state index contributed by atoms with van der Waals surface area (Å²) in [5, 5.41) is 12.5. The average molecular weight is 254 g/mol. The number of hydrogen-bond acceptors (Lipinski definition) is 4. The molecule has 2 atom stereocenters. The summed E-state index contributed by atoms with van der Waals surface area (Å²) in [6, 6.07) is 0. The molecule has 0 amide bonds. The molecular weight excluding hydrogens is 232 g/mol. The lowest BCUT2D eigenvalue weighted by Crippen LogP contribution is -2.42. The van der Waals surface area contributed by atoms with E-state index in [2.05, 4.69) is 5.32 Å². The highest BCUT2D eigenvalue weighted by Crippen LogP contribution is 1.99. The van der Waals surface area contributed by atoms with Gasteiger partial charge in [-0.3, -0.25) is 4.55 Å². The van der Waals surface area contributed by atoms with E-state index in [1.54, 1.807) is 21.0 Å². The quantitative estimate of drug-likeness (QED) is 0.505. The van der Waals surface area contributed by atoms with Gasteiger partial charge in [0.05, 0.1) is 11.7 Å². The molecule has 0 saturated heterocycles. The minimum Gasteiger partial charge on any atom is -0.389 e. The summed E-state index contributed by atoms with van der Waals surface area (Å²) in [6.07, 6.45) is -0.191. The molecule has 98 valence electrons. The lowest BCUT2D eigenvalue weighted by molar-refractivity contribution is 0.0606. The van der Waals surface area contributed by atoms with Crippen LogP contribution in [-0.2, 0) is 16.0 Å². The summed E-state index contributed by atoms with van der Waals surface area (Å²) in [7, 11) is 3.09. The summed E-state index contributed by atoms with van der Waals surface area (Å²) in [6.45, 7) is 4.71. The van der Waals surface area contributed by atoms with E-state index in [4.69, 9.17) is 9.29 Å². The van der Waals surface area contributed by atoms with Crippen molar-refractivity contribution in [3.8, 4) is 0 Å². The zero-order chi connectivity index (χ0) is 12.8. The van der Waals surface area contributed by atoms with Crippen LogP contribution in [0.3, 0.4) is 0 Å². The van der Waals surface area contributed by atoms with Crippen molar-refractivity contribution >= 4 is 11.3 Å². The molecule has 1 unspecified atom stereocenters. The highest BCUT2D eigenvalue weighted by molar-refractivity contribution is 7.76. The maximum Gasteiger partial charge on any atom is 0.234 e. The van der Waals surface area contributed by atoms with Gasteiger partial charge in [-0.15, -0.1) is 0 Å². The van der Waals surface area contributed by atoms with Crippen LogP contribution in [0.15, 0.2) is 0 Å². The molecule has 0 bridgehead atoms. The molecule has 0 aliphatic heterocycles. The Bertz CT molecular complexity index is 220. The van der Waals surface area contributed by atoms with Crippen LogP contribution >= 0.6 is 0 Å². The van der Waals surface area contributed by atoms with E-state index < -0.39 is 16.9 Å². The van der Waals surface area contributed by atoms with E-state index in [1.165, 1.54) is 11.4 Å². The zero-order valence-electron chi connectivity index (χ0n) is 10.3. The van der Waals surface area contributed by atoms with E-state index >= 15 is 0 Å². The first-order valence-electron chi connectivity index (χ1n) is 5.04. The predicted octanol–water partition coefficient (Wildman–Crippen LogP) is -0.570. The standard InChI is InChI=1S/C9H22N2O4S/c1-9(2,12)7-10-5-8(15-4)6-11(3)16(13)14/h8,10,12H,5-7H2,1-4H3,(H,13,14)/t8-/m0/s1. The Morgan fingerprint density at radius 3 is 2.50 bits per heavy atom. The molecule has 16 heavy (non-hydrogen) atoms. The lowest BCUT2D eigenvalue weighted by Gasteiger charge is -2.23. The van der Waals surface area contributed by atoms with Crippen LogP contribution in [0.5, 0.6) is 0 Å². The van der Waals surface area contributed by atoms with Crippen LogP contribution in [0, 0.1) is 0 Å². The molecule has 0 radical (unpaired) electrons. The van der Waals surface area contributed by atoms with Crippen molar-refractivity contribution in [3.05, 3.63) is 0 Å². The molecule has 3 N–H and O–H groups in total. The van der Waals surface area contributed by atoms with Gasteiger partial charge < -0.3 is 15.2 Å². The normalized spacial score (nSPS) is 16.4. The highest BCUT2D eigenvalue weighted by atomic mass is 32.2. The van der Waals surface area contributed by atoms with Crippen LogP contribution in [0.25, 0.3) is 0 Å². The van der Waals surface area contributed by atoms with Gasteiger partial charge in [0.25, 0.3) is 0 Å². The molecular formula is C9H22N2O4S. The van der Waals surface area contributed by atoms with Crippen molar-refractivity contribution in [2.24, 2.45) is 0 Å². The summed E-state index contributed by atoms with van der Waals surface area (Å²) in [5.74, 6) is 0. The van der Waals surface area contributed by atoms with Crippen molar-refractivity contribution < 1.29 is 18.6 Å². The largest absolute Gasteiger partial charge is 0.389 e. The first-order chi connectivity index (χ1) is 7.26. The van der Waals surface area contributed by atoms with Gasteiger partial charge in [0.15, 0.2) is 0 Å². The number of nitrogens with one attached hydrogen (secondary N) is 1. The molecule has 0 spiro atoms. The van der Waals surface area contributed by atoms with Crippen LogP contribution in [-0.4, -0.2) is 63.7 Å². The number of rotatable bonds is 8. The smallest absolute Gasteiger partial charge is 0.234 e. The first kappa shape index (κ1) is 16.0. The van der Waals surface area contributed by atoms with Crippen molar-refractivity contribution in [1.29, 1.82) is 0 Å². The van der Waals surface area contributed by atoms with Crippen molar-refractivity contribution in [3.63, 3.8) is 0 Å². The second-order valence-electron chi connectivity index (χ2n) is 4.34. The van der Waals surface area contributed by atoms with Gasteiger partial charge >= 0.3 is 0 Å². The maximum absolute atomic E-state index is 10.7. The fourth-order valence-corrected chi connectivity index (χ4v) is 1.41. The molecule has 0 aromatic rings. The van der Waals surface area contributed by atoms with Crippen molar-refractivity contribution in [2.75, 3.05) is 33.8 Å². The van der Waals surface area contributed by atoms with Gasteiger partial charge in [0.2, 0.25) is 11.3 Å². The summed E-state index contributed by atoms with van der Waals surface area (Å²) < 4.78 is 25.9. The van der Waals surface area contributed by atoms with Gasteiger partial charge in [0.1, 0.15) is 0 Å². The molecule has 6 nitrogen and oxygen atoms in total. The second-order valence-corrected chi connectivity index (χ2v) is 5.43. The third-order valence-corrected chi connectivity index (χ3v) is 2.67. The SMILES string of the molecule is CO[C@@H](CNCC(C)(C)O)CN(C)S(=O)O. The van der Waals surface area contributed by atoms with E-state index in [9.17, 15) is 9.32 Å². The highest BCUT2D eigenvalue weighted by Gasteiger charge is 2.16. The third kappa shape index (κ3) is 8.14. The fourth-order valence-electron chi connectivity index (χ4n) is 1.11. The monoisotopic (exact) mass is 254 g/mol. The Hall–Kier alpha value is -0.0500. The number of aliphatic hydroxyl groups is 1. The zero-order valence-corrected chi connectivity index (χ0v) is 11.1. The number of likely N-dealkylation sites (N-methyl/N-ethyl adjacent to an activating group) is 1. The van der Waals surface area contributed by atoms with Crippen molar-refractivity contribution in [2.45, 2.75) is 25.6 Å². The molecule has 0 saturated carbocycles. The number of hydrogen-bond donors (Lipinski definition) is 3. The third-order valence-electron chi connectivity index (χ3n) is 1.99. The minimum atomic E-state index is -1.98. The van der Waals surface area contributed by atoms with Crippen LogP contribution in [0.1, 0.15) is 13.8 Å². The van der Waals surface area contributed by atoms with Crippen LogP contribution in [0.2, 0.25) is 0 Å². The van der Waals surface area contributed by atoms with Gasteiger partial charge in [0, 0.05) is 33.8 Å². The van der Waals surface area contributed by atoms with Gasteiger partial charge in [-0.1, -0.05) is 0 Å².